The summed E-state index contributed by atoms with van der Waals surface area (Å²) >= 11 is 0. The lowest BCUT2D eigenvalue weighted by Crippen LogP contribution is -2.13. The van der Waals surface area contributed by atoms with Gasteiger partial charge in [0.15, 0.2) is 5.78 Å². The predicted molar refractivity (Wildman–Crippen MR) is 78.1 cm³/mol. The molecule has 0 saturated heterocycles. The fourth-order valence-corrected chi connectivity index (χ4v) is 2.64. The number of halogens is 2. The number of hydrogen-bond donors (Lipinski definition) is 1. The van der Waals surface area contributed by atoms with Gasteiger partial charge in [-0.25, -0.2) is 13.4 Å². The van der Waals surface area contributed by atoms with E-state index in [1.807, 2.05) is 0 Å². The summed E-state index contributed by atoms with van der Waals surface area (Å²) in [4.78, 5) is 18.0. The van der Waals surface area contributed by atoms with Gasteiger partial charge in [0.05, 0.1) is 7.11 Å². The zero-order chi connectivity index (χ0) is 17.0. The second kappa shape index (κ2) is 6.69. The van der Waals surface area contributed by atoms with E-state index in [9.17, 15) is 22.0 Å². The Kier molecular flexibility index (Phi) is 4.89. The molecule has 1 heterocycles. The van der Waals surface area contributed by atoms with Crippen LogP contribution in [0, 0.1) is 0 Å². The van der Waals surface area contributed by atoms with E-state index >= 15 is 0 Å². The van der Waals surface area contributed by atoms with Crippen LogP contribution in [-0.2, 0) is 9.84 Å². The second-order valence-electron chi connectivity index (χ2n) is 4.34. The summed E-state index contributed by atoms with van der Waals surface area (Å²) in [6.07, 6.45) is 5.74. The van der Waals surface area contributed by atoms with E-state index in [0.717, 1.165) is 25.3 Å². The van der Waals surface area contributed by atoms with Gasteiger partial charge < -0.3 is 9.72 Å². The van der Waals surface area contributed by atoms with Crippen molar-refractivity contribution in [2.45, 2.75) is 10.7 Å². The highest BCUT2D eigenvalue weighted by molar-refractivity contribution is 7.91. The normalized spacial score (nSPS) is 12.0. The Balaban J connectivity index is 2.34. The van der Waals surface area contributed by atoms with Crippen molar-refractivity contribution in [3.05, 3.63) is 48.1 Å². The Labute approximate surface area is 130 Å². The Hall–Kier alpha value is -2.55. The minimum absolute atomic E-state index is 0.0953. The zero-order valence-corrected chi connectivity index (χ0v) is 12.7. The van der Waals surface area contributed by atoms with Crippen molar-refractivity contribution in [2.75, 3.05) is 7.11 Å². The third-order valence-corrected chi connectivity index (χ3v) is 4.32. The lowest BCUT2D eigenvalue weighted by molar-refractivity contribution is 0.104. The Morgan fingerprint density at radius 1 is 1.39 bits per heavy atom. The first kappa shape index (κ1) is 16.8. The molecule has 6 nitrogen and oxygen atoms in total. The number of alkyl halides is 2. The number of nitrogens with zero attached hydrogens (tertiary/aromatic N) is 1. The standard InChI is InChI=1S/C14H12F2N2O4S/c1-22-11-8-9(2-4-12(11)23(20,21)14(15)16)10(19)3-5-13-17-6-7-18-13/h2-8,14H,1H3,(H,17,18)/b5-3-. The van der Waals surface area contributed by atoms with E-state index in [1.165, 1.54) is 18.3 Å². The van der Waals surface area contributed by atoms with Crippen LogP contribution in [0.2, 0.25) is 0 Å². The zero-order valence-electron chi connectivity index (χ0n) is 11.9. The Bertz CT molecular complexity index is 830. The van der Waals surface area contributed by atoms with E-state index in [4.69, 9.17) is 4.74 Å². The highest BCUT2D eigenvalue weighted by atomic mass is 32.2. The lowest BCUT2D eigenvalue weighted by Gasteiger charge is -2.10. The quantitative estimate of drug-likeness (QED) is 0.643. The number of sulfone groups is 1. The number of hydrogen-bond acceptors (Lipinski definition) is 5. The molecule has 2 aromatic rings. The summed E-state index contributed by atoms with van der Waals surface area (Å²) in [6, 6.07) is 3.17. The van der Waals surface area contributed by atoms with Crippen molar-refractivity contribution in [2.24, 2.45) is 0 Å². The van der Waals surface area contributed by atoms with Gasteiger partial charge in [-0.15, -0.1) is 0 Å². The molecular formula is C14H12F2N2O4S. The van der Waals surface area contributed by atoms with E-state index < -0.39 is 26.3 Å². The summed E-state index contributed by atoms with van der Waals surface area (Å²) in [5.74, 6) is -3.89. The van der Waals surface area contributed by atoms with Crippen LogP contribution < -0.4 is 4.74 Å². The van der Waals surface area contributed by atoms with Crippen LogP contribution in [0.4, 0.5) is 8.78 Å². The first-order chi connectivity index (χ1) is 10.9. The number of nitrogens with one attached hydrogen (secondary N) is 1. The summed E-state index contributed by atoms with van der Waals surface area (Å²) in [5, 5.41) is 0. The fourth-order valence-electron chi connectivity index (χ4n) is 1.77. The highest BCUT2D eigenvalue weighted by Gasteiger charge is 2.30. The molecule has 0 aliphatic heterocycles. The molecule has 23 heavy (non-hydrogen) atoms. The van der Waals surface area contributed by atoms with Crippen LogP contribution in [0.25, 0.3) is 6.08 Å². The van der Waals surface area contributed by atoms with Crippen LogP contribution in [0.3, 0.4) is 0 Å². The van der Waals surface area contributed by atoms with Gasteiger partial charge in [0.1, 0.15) is 16.5 Å². The molecule has 9 heteroatoms. The molecule has 0 saturated carbocycles. The highest BCUT2D eigenvalue weighted by Crippen LogP contribution is 2.29. The molecule has 1 aromatic carbocycles. The number of benzene rings is 1. The fraction of sp³-hybridized carbons (Fsp3) is 0.143. The molecule has 1 aromatic heterocycles. The van der Waals surface area contributed by atoms with Crippen molar-refractivity contribution in [3.8, 4) is 5.75 Å². The average molecular weight is 342 g/mol. The van der Waals surface area contributed by atoms with Gasteiger partial charge in [0.25, 0.3) is 0 Å². The van der Waals surface area contributed by atoms with Crippen LogP contribution in [0.15, 0.2) is 41.6 Å². The molecule has 0 unspecified atom stereocenters. The molecule has 0 amide bonds. The van der Waals surface area contributed by atoms with Gasteiger partial charge in [-0.3, -0.25) is 4.79 Å². The molecule has 0 fully saturated rings. The summed E-state index contributed by atoms with van der Waals surface area (Å²) in [7, 11) is -3.68. The minimum atomic E-state index is -4.81. The van der Waals surface area contributed by atoms with Gasteiger partial charge in [-0.2, -0.15) is 8.78 Å². The van der Waals surface area contributed by atoms with Crippen molar-refractivity contribution in [3.63, 3.8) is 0 Å². The molecule has 122 valence electrons. The molecule has 0 bridgehead atoms. The number of H-pyrrole nitrogens is 1. The maximum Gasteiger partial charge on any atom is 0.341 e. The monoisotopic (exact) mass is 342 g/mol. The van der Waals surface area contributed by atoms with Crippen LogP contribution in [-0.4, -0.2) is 37.0 Å². The smallest absolute Gasteiger partial charge is 0.341 e. The Morgan fingerprint density at radius 2 is 2.13 bits per heavy atom. The van der Waals surface area contributed by atoms with E-state index in [-0.39, 0.29) is 11.3 Å². The van der Waals surface area contributed by atoms with Crippen LogP contribution in [0.5, 0.6) is 5.75 Å². The summed E-state index contributed by atoms with van der Waals surface area (Å²) < 4.78 is 53.1. The number of allylic oxidation sites excluding steroid dienone is 1. The van der Waals surface area contributed by atoms with Crippen LogP contribution >= 0.6 is 0 Å². The number of imidazole rings is 1. The van der Waals surface area contributed by atoms with E-state index in [1.54, 1.807) is 6.20 Å². The van der Waals surface area contributed by atoms with Crippen LogP contribution in [0.1, 0.15) is 16.2 Å². The summed E-state index contributed by atoms with van der Waals surface area (Å²) in [5.41, 5.74) is 0.0953. The molecule has 0 aliphatic rings. The number of ether oxygens (including phenoxy) is 1. The molecule has 0 atom stereocenters. The number of methoxy groups -OCH3 is 1. The molecule has 2 rings (SSSR count). The topological polar surface area (TPSA) is 89.1 Å². The first-order valence-electron chi connectivity index (χ1n) is 6.28. The predicted octanol–water partition coefficient (Wildman–Crippen LogP) is 2.31. The molecule has 1 N–H and O–H groups in total. The third-order valence-electron chi connectivity index (χ3n) is 2.90. The van der Waals surface area contributed by atoms with Crippen molar-refractivity contribution in [1.29, 1.82) is 0 Å². The average Bonchev–Trinajstić information content (AvgIpc) is 3.05. The maximum atomic E-state index is 12.6. The molecule has 0 aliphatic carbocycles. The third kappa shape index (κ3) is 3.62. The van der Waals surface area contributed by atoms with E-state index in [2.05, 4.69) is 9.97 Å². The minimum Gasteiger partial charge on any atom is -0.495 e. The Morgan fingerprint density at radius 3 is 2.70 bits per heavy atom. The molecule has 0 radical (unpaired) electrons. The van der Waals surface area contributed by atoms with Crippen molar-refractivity contribution < 1.29 is 26.7 Å². The van der Waals surface area contributed by atoms with Gasteiger partial charge in [0.2, 0.25) is 9.84 Å². The number of aromatic amines is 1. The lowest BCUT2D eigenvalue weighted by atomic mass is 10.1. The largest absolute Gasteiger partial charge is 0.495 e. The number of aromatic nitrogens is 2. The van der Waals surface area contributed by atoms with Gasteiger partial charge in [-0.05, 0) is 30.4 Å². The summed E-state index contributed by atoms with van der Waals surface area (Å²) in [6.45, 7) is 0. The number of carbonyl (C=O) groups is 1. The maximum absolute atomic E-state index is 12.6. The van der Waals surface area contributed by atoms with Crippen molar-refractivity contribution in [1.82, 2.24) is 9.97 Å². The number of carbonyl (C=O) groups excluding carboxylic acids is 1. The van der Waals surface area contributed by atoms with Gasteiger partial charge >= 0.3 is 5.76 Å². The SMILES string of the molecule is COc1cc(C(=O)/C=C\c2ncc[nH]2)ccc1S(=O)(=O)C(F)F. The second-order valence-corrected chi connectivity index (χ2v) is 6.23. The van der Waals surface area contributed by atoms with Crippen molar-refractivity contribution >= 4 is 21.7 Å². The number of ketones is 1. The molecule has 0 spiro atoms. The van der Waals surface area contributed by atoms with E-state index in [0.29, 0.717) is 5.82 Å². The number of rotatable bonds is 6. The van der Waals surface area contributed by atoms with Gasteiger partial charge in [-0.1, -0.05) is 0 Å². The molecular weight excluding hydrogens is 330 g/mol. The van der Waals surface area contributed by atoms with Gasteiger partial charge in [0, 0.05) is 18.0 Å². The first-order valence-corrected chi connectivity index (χ1v) is 7.82.